The standard InChI is InChI=1S/C30H46O4.CH3O5P.3Na/c1-25(2)21-8-11-30(7)23(28(21,5)10-9-22(25)32)20(31)16-18-19-17-27(4,24(33)34)13-12-26(19,3)14-15-29(18,30)6;2-1(3)7(4,5)6;;;/h16,19,21-23,32H,8-15,17H2,1-7H3,(H,33,34);(H,2,3)(H2,4,5,6);;;/q;;3*+1/p-3. The molecular formula is C31H46Na3O9P. The zero-order valence-electron chi connectivity index (χ0n) is 28.5. The Hall–Kier alpha value is 1.46. The third-order valence-electron chi connectivity index (χ3n) is 13.3. The number of carboxylic acids is 1. The second-order valence-electron chi connectivity index (χ2n) is 15.7. The molecule has 0 saturated heterocycles. The zero-order valence-corrected chi connectivity index (χ0v) is 35.3. The van der Waals surface area contributed by atoms with E-state index in [1.54, 1.807) is 0 Å². The summed E-state index contributed by atoms with van der Waals surface area (Å²) in [4.78, 5) is 53.7. The summed E-state index contributed by atoms with van der Waals surface area (Å²) >= 11 is 0. The number of rotatable bonds is 2. The smallest absolute Gasteiger partial charge is 0.807 e. The molecule has 2 N–H and O–H groups in total. The first-order chi connectivity index (χ1) is 18.5. The van der Waals surface area contributed by atoms with Gasteiger partial charge in [0.1, 0.15) is 0 Å². The number of ketones is 1. The summed E-state index contributed by atoms with van der Waals surface area (Å²) in [5.41, 5.74) is -2.42. The molecule has 0 spiro atoms. The Labute approximate surface area is 328 Å². The van der Waals surface area contributed by atoms with Gasteiger partial charge in [-0.3, -0.25) is 9.59 Å². The summed E-state index contributed by atoms with van der Waals surface area (Å²) in [7, 11) is -5.43. The van der Waals surface area contributed by atoms with E-state index in [0.29, 0.717) is 12.3 Å². The van der Waals surface area contributed by atoms with Gasteiger partial charge in [0.2, 0.25) is 0 Å². The van der Waals surface area contributed by atoms with Crippen LogP contribution < -0.4 is 104 Å². The molecule has 0 radical (unpaired) electrons. The maximum absolute atomic E-state index is 14.2. The van der Waals surface area contributed by atoms with E-state index in [0.717, 1.165) is 51.4 Å². The number of hydrogen-bond acceptors (Lipinski definition) is 8. The maximum Gasteiger partial charge on any atom is 1.00 e. The largest absolute Gasteiger partial charge is 1.00 e. The Morgan fingerprint density at radius 3 is 1.91 bits per heavy atom. The summed E-state index contributed by atoms with van der Waals surface area (Å²) < 4.78 is 9.14. The molecule has 0 aromatic carbocycles. The summed E-state index contributed by atoms with van der Waals surface area (Å²) in [5, 5.41) is 29.9. The predicted octanol–water partition coefficient (Wildman–Crippen LogP) is -5.33. The van der Waals surface area contributed by atoms with Crippen LogP contribution >= 0.6 is 7.60 Å². The molecule has 4 fully saturated rings. The van der Waals surface area contributed by atoms with Crippen LogP contribution in [0.25, 0.3) is 0 Å². The van der Waals surface area contributed by atoms with E-state index < -0.39 is 24.7 Å². The van der Waals surface area contributed by atoms with Gasteiger partial charge < -0.3 is 34.5 Å². The molecule has 0 aliphatic heterocycles. The van der Waals surface area contributed by atoms with Crippen molar-refractivity contribution < 1.29 is 133 Å². The maximum atomic E-state index is 14.2. The van der Waals surface area contributed by atoms with Crippen molar-refractivity contribution in [2.75, 3.05) is 0 Å². The number of fused-ring (bicyclic) bond motifs is 7. The summed E-state index contributed by atoms with van der Waals surface area (Å²) in [6.07, 6.45) is 9.95. The van der Waals surface area contributed by atoms with Crippen molar-refractivity contribution in [3.05, 3.63) is 11.6 Å². The number of aliphatic carboxylic acids is 1. The van der Waals surface area contributed by atoms with Crippen LogP contribution in [0.2, 0.25) is 0 Å². The third kappa shape index (κ3) is 6.79. The van der Waals surface area contributed by atoms with Crippen LogP contribution in [-0.2, 0) is 14.2 Å². The fourth-order valence-electron chi connectivity index (χ4n) is 10.4. The quantitative estimate of drug-likeness (QED) is 0.216. The van der Waals surface area contributed by atoms with Crippen molar-refractivity contribution in [1.29, 1.82) is 0 Å². The first-order valence-corrected chi connectivity index (χ1v) is 16.4. The number of hydrogen-bond donors (Lipinski definition) is 2. The average Bonchev–Trinajstić information content (AvgIpc) is 2.84. The molecule has 9 unspecified atom stereocenters. The first kappa shape index (κ1) is 43.5. The van der Waals surface area contributed by atoms with E-state index >= 15 is 0 Å². The molecule has 232 valence electrons. The van der Waals surface area contributed by atoms with Crippen LogP contribution in [0.5, 0.6) is 0 Å². The molecule has 44 heavy (non-hydrogen) atoms. The minimum absolute atomic E-state index is 0. The molecule has 0 aromatic rings. The molecule has 5 rings (SSSR count). The SMILES string of the molecule is CC1(C(=O)O)CCC2(C)CCC3(C)C(=CC(=O)C4C5(C)CCC(O)C(C)(C)C5CCC43C)C2C1.O=C([O-])P(=O)([O-])[O-].[Na+].[Na+].[Na+]. The van der Waals surface area contributed by atoms with Gasteiger partial charge in [0.25, 0.3) is 0 Å². The van der Waals surface area contributed by atoms with Gasteiger partial charge in [0.15, 0.2) is 5.78 Å². The van der Waals surface area contributed by atoms with Crippen LogP contribution in [-0.4, -0.2) is 33.8 Å². The third-order valence-corrected chi connectivity index (χ3v) is 13.7. The van der Waals surface area contributed by atoms with Crippen LogP contribution in [0.15, 0.2) is 11.6 Å². The van der Waals surface area contributed by atoms with Crippen molar-refractivity contribution in [2.24, 2.45) is 50.2 Å². The second kappa shape index (κ2) is 14.0. The molecule has 4 saturated carbocycles. The number of aliphatic hydroxyl groups is 1. The molecular weight excluding hydrogens is 616 g/mol. The molecule has 9 nitrogen and oxygen atoms in total. The molecule has 5 aliphatic carbocycles. The van der Waals surface area contributed by atoms with Crippen LogP contribution in [0.3, 0.4) is 0 Å². The van der Waals surface area contributed by atoms with E-state index in [1.807, 2.05) is 13.0 Å². The van der Waals surface area contributed by atoms with Crippen molar-refractivity contribution in [2.45, 2.75) is 112 Å². The van der Waals surface area contributed by atoms with Gasteiger partial charge in [0, 0.05) is 5.92 Å². The van der Waals surface area contributed by atoms with Gasteiger partial charge in [0.05, 0.1) is 17.2 Å². The van der Waals surface area contributed by atoms with E-state index in [1.165, 1.54) is 5.57 Å². The normalized spacial score (nSPS) is 43.6. The Kier molecular flexibility index (Phi) is 13.8. The summed E-state index contributed by atoms with van der Waals surface area (Å²) in [5.74, 6) is 0.0603. The fourth-order valence-corrected chi connectivity index (χ4v) is 10.4. The van der Waals surface area contributed by atoms with Gasteiger partial charge >= 0.3 is 94.6 Å². The molecule has 9 atom stereocenters. The molecule has 5 aliphatic rings. The number of carbonyl (C=O) groups is 3. The number of allylic oxidation sites excluding steroid dienone is 2. The summed E-state index contributed by atoms with van der Waals surface area (Å²) in [6.45, 7) is 15.8. The predicted molar refractivity (Wildman–Crippen MR) is 146 cm³/mol. The average molecular weight is 663 g/mol. The van der Waals surface area contributed by atoms with Gasteiger partial charge in [-0.25, -0.2) is 0 Å². The van der Waals surface area contributed by atoms with Crippen molar-refractivity contribution >= 4 is 25.1 Å². The molecule has 0 heterocycles. The molecule has 0 bridgehead atoms. The minimum Gasteiger partial charge on any atom is -0.807 e. The van der Waals surface area contributed by atoms with Gasteiger partial charge in [-0.05, 0) is 117 Å². The van der Waals surface area contributed by atoms with E-state index in [-0.39, 0.29) is 139 Å². The Morgan fingerprint density at radius 1 is 0.886 bits per heavy atom. The zero-order chi connectivity index (χ0) is 31.2. The monoisotopic (exact) mass is 662 g/mol. The van der Waals surface area contributed by atoms with Crippen LogP contribution in [0.1, 0.15) is 106 Å². The Balaban J connectivity index is 0.000000872. The van der Waals surface area contributed by atoms with Crippen molar-refractivity contribution in [3.8, 4) is 0 Å². The van der Waals surface area contributed by atoms with Gasteiger partial charge in [-0.15, -0.1) is 0 Å². The first-order valence-electron chi connectivity index (χ1n) is 14.9. The minimum atomic E-state index is -5.43. The van der Waals surface area contributed by atoms with E-state index in [9.17, 15) is 19.8 Å². The Bertz CT molecular complexity index is 1240. The van der Waals surface area contributed by atoms with E-state index in [4.69, 9.17) is 24.3 Å². The molecule has 13 heteroatoms. The molecule has 0 aromatic heterocycles. The topological polar surface area (TPSA) is 178 Å². The summed E-state index contributed by atoms with van der Waals surface area (Å²) in [6, 6.07) is 0. The van der Waals surface area contributed by atoms with Crippen LogP contribution in [0.4, 0.5) is 4.79 Å². The van der Waals surface area contributed by atoms with Gasteiger partial charge in [-0.2, -0.15) is 0 Å². The molecule has 0 amide bonds. The Morgan fingerprint density at radius 2 is 1.41 bits per heavy atom. The van der Waals surface area contributed by atoms with E-state index in [2.05, 4.69) is 41.5 Å². The number of carboxylic acid groups (broad SMARTS) is 2. The number of carbonyl (C=O) groups excluding carboxylic acids is 2. The number of aliphatic hydroxyl groups excluding tert-OH is 1. The van der Waals surface area contributed by atoms with Gasteiger partial charge in [-0.1, -0.05) is 47.1 Å². The fraction of sp³-hybridized carbons (Fsp3) is 0.839. The van der Waals surface area contributed by atoms with Crippen molar-refractivity contribution in [1.82, 2.24) is 0 Å². The van der Waals surface area contributed by atoms with Crippen LogP contribution in [0, 0.1) is 50.2 Å². The second-order valence-corrected chi connectivity index (χ2v) is 17.1. The van der Waals surface area contributed by atoms with Crippen molar-refractivity contribution in [3.63, 3.8) is 0 Å².